The van der Waals surface area contributed by atoms with Gasteiger partial charge < -0.3 is 5.32 Å². The zero-order valence-electron chi connectivity index (χ0n) is 9.47. The van der Waals surface area contributed by atoms with Gasteiger partial charge in [-0.15, -0.1) is 11.3 Å². The van der Waals surface area contributed by atoms with Crippen LogP contribution < -0.4 is 5.32 Å². The third-order valence-corrected chi connectivity index (χ3v) is 3.87. The van der Waals surface area contributed by atoms with Crippen LogP contribution in [0.15, 0.2) is 5.57 Å². The smallest absolute Gasteiger partial charge is 0.116 e. The van der Waals surface area contributed by atoms with Crippen LogP contribution in [-0.2, 0) is 0 Å². The Hall–Kier alpha value is -0.670. The van der Waals surface area contributed by atoms with Gasteiger partial charge in [0, 0.05) is 4.88 Å². The fourth-order valence-electron chi connectivity index (χ4n) is 1.82. The summed E-state index contributed by atoms with van der Waals surface area (Å²) in [4.78, 5) is 5.90. The molecule has 1 N–H and O–H groups in total. The lowest BCUT2D eigenvalue weighted by Crippen LogP contribution is -2.13. The van der Waals surface area contributed by atoms with Crippen LogP contribution in [0.1, 0.15) is 34.8 Å². The fraction of sp³-hybridized carbons (Fsp3) is 0.583. The van der Waals surface area contributed by atoms with Gasteiger partial charge in [-0.1, -0.05) is 5.57 Å². The average molecular weight is 222 g/mol. The van der Waals surface area contributed by atoms with Crippen LogP contribution in [0.2, 0.25) is 0 Å². The minimum atomic E-state index is 1.12. The molecule has 1 aromatic rings. The molecule has 0 bridgehead atoms. The van der Waals surface area contributed by atoms with Gasteiger partial charge in [-0.05, 0) is 52.3 Å². The van der Waals surface area contributed by atoms with Gasteiger partial charge in [0.05, 0.1) is 5.69 Å². The van der Waals surface area contributed by atoms with E-state index >= 15 is 0 Å². The van der Waals surface area contributed by atoms with Crippen molar-refractivity contribution in [2.24, 2.45) is 0 Å². The highest BCUT2D eigenvalue weighted by Gasteiger charge is 2.06. The molecule has 82 valence electrons. The van der Waals surface area contributed by atoms with Crippen molar-refractivity contribution >= 4 is 17.4 Å². The summed E-state index contributed by atoms with van der Waals surface area (Å²) in [6.45, 7) is 6.51. The van der Waals surface area contributed by atoms with Crippen molar-refractivity contribution in [2.75, 3.05) is 13.1 Å². The SMILES string of the molecule is Cc1nc(/C=C2/CCCNCC2)sc1C. The maximum Gasteiger partial charge on any atom is 0.116 e. The van der Waals surface area contributed by atoms with E-state index < -0.39 is 0 Å². The normalized spacial score (nSPS) is 20.5. The van der Waals surface area contributed by atoms with Crippen molar-refractivity contribution in [2.45, 2.75) is 33.1 Å². The fourth-order valence-corrected chi connectivity index (χ4v) is 2.73. The molecule has 1 aliphatic heterocycles. The number of rotatable bonds is 1. The molecule has 1 aliphatic rings. The van der Waals surface area contributed by atoms with Crippen LogP contribution in [0.3, 0.4) is 0 Å². The molecular weight excluding hydrogens is 204 g/mol. The predicted octanol–water partition coefficient (Wildman–Crippen LogP) is 2.92. The summed E-state index contributed by atoms with van der Waals surface area (Å²) in [7, 11) is 0. The van der Waals surface area contributed by atoms with Crippen LogP contribution in [0.4, 0.5) is 0 Å². The van der Waals surface area contributed by atoms with E-state index in [1.807, 2.05) is 0 Å². The van der Waals surface area contributed by atoms with E-state index in [0.717, 1.165) is 13.1 Å². The highest BCUT2D eigenvalue weighted by molar-refractivity contribution is 7.12. The van der Waals surface area contributed by atoms with Crippen LogP contribution in [0.5, 0.6) is 0 Å². The molecule has 0 unspecified atom stereocenters. The zero-order valence-corrected chi connectivity index (χ0v) is 10.3. The topological polar surface area (TPSA) is 24.9 Å². The Kier molecular flexibility index (Phi) is 3.54. The summed E-state index contributed by atoms with van der Waals surface area (Å²) in [6, 6.07) is 0. The van der Waals surface area contributed by atoms with Gasteiger partial charge in [0.15, 0.2) is 0 Å². The third kappa shape index (κ3) is 2.89. The van der Waals surface area contributed by atoms with Gasteiger partial charge in [-0.25, -0.2) is 4.98 Å². The van der Waals surface area contributed by atoms with Gasteiger partial charge in [-0.2, -0.15) is 0 Å². The average Bonchev–Trinajstić information content (AvgIpc) is 2.45. The van der Waals surface area contributed by atoms with Gasteiger partial charge in [0.2, 0.25) is 0 Å². The molecule has 0 saturated carbocycles. The second kappa shape index (κ2) is 4.90. The third-order valence-electron chi connectivity index (χ3n) is 2.85. The van der Waals surface area contributed by atoms with Crippen LogP contribution in [0, 0.1) is 13.8 Å². The number of nitrogens with one attached hydrogen (secondary N) is 1. The van der Waals surface area contributed by atoms with Gasteiger partial charge in [-0.3, -0.25) is 0 Å². The summed E-state index contributed by atoms with van der Waals surface area (Å²) >= 11 is 1.81. The van der Waals surface area contributed by atoms with Crippen molar-refractivity contribution in [3.63, 3.8) is 0 Å². The summed E-state index contributed by atoms with van der Waals surface area (Å²) in [6.07, 6.45) is 5.95. The second-order valence-corrected chi connectivity index (χ2v) is 5.33. The minimum Gasteiger partial charge on any atom is -0.316 e. The van der Waals surface area contributed by atoms with Crippen molar-refractivity contribution < 1.29 is 0 Å². The van der Waals surface area contributed by atoms with Crippen molar-refractivity contribution in [1.29, 1.82) is 0 Å². The number of aryl methyl sites for hydroxylation is 2. The van der Waals surface area contributed by atoms with E-state index in [0.29, 0.717) is 0 Å². The van der Waals surface area contributed by atoms with E-state index in [2.05, 4.69) is 30.2 Å². The van der Waals surface area contributed by atoms with E-state index in [1.54, 1.807) is 16.9 Å². The maximum atomic E-state index is 4.56. The molecule has 1 aromatic heterocycles. The van der Waals surface area contributed by atoms with Gasteiger partial charge in [0.1, 0.15) is 5.01 Å². The molecule has 0 amide bonds. The van der Waals surface area contributed by atoms with Gasteiger partial charge in [0.25, 0.3) is 0 Å². The Labute approximate surface area is 95.4 Å². The molecule has 2 heterocycles. The highest BCUT2D eigenvalue weighted by atomic mass is 32.1. The molecule has 0 atom stereocenters. The van der Waals surface area contributed by atoms with Crippen LogP contribution in [0.25, 0.3) is 6.08 Å². The summed E-state index contributed by atoms with van der Waals surface area (Å²) in [5.41, 5.74) is 2.73. The van der Waals surface area contributed by atoms with Crippen molar-refractivity contribution in [3.05, 3.63) is 21.2 Å². The Bertz CT molecular complexity index is 336. The standard InChI is InChI=1S/C12H18N2S/c1-9-10(2)15-12(14-9)8-11-4-3-6-13-7-5-11/h8,13H,3-7H2,1-2H3/b11-8-. The van der Waals surface area contributed by atoms with E-state index in [4.69, 9.17) is 0 Å². The predicted molar refractivity (Wildman–Crippen MR) is 66.3 cm³/mol. The zero-order chi connectivity index (χ0) is 10.7. The van der Waals surface area contributed by atoms with Crippen molar-refractivity contribution in [3.8, 4) is 0 Å². The summed E-state index contributed by atoms with van der Waals surface area (Å²) in [5, 5.41) is 4.60. The van der Waals surface area contributed by atoms with Crippen LogP contribution in [-0.4, -0.2) is 18.1 Å². The molecule has 2 nitrogen and oxygen atoms in total. The molecule has 0 radical (unpaired) electrons. The second-order valence-electron chi connectivity index (χ2n) is 4.10. The first-order chi connectivity index (χ1) is 7.25. The first kappa shape index (κ1) is 10.8. The number of hydrogen-bond donors (Lipinski definition) is 1. The molecule has 0 spiro atoms. The number of hydrogen-bond acceptors (Lipinski definition) is 3. The van der Waals surface area contributed by atoms with Gasteiger partial charge >= 0.3 is 0 Å². The van der Waals surface area contributed by atoms with Crippen LogP contribution >= 0.6 is 11.3 Å². The Morgan fingerprint density at radius 1 is 1.27 bits per heavy atom. The van der Waals surface area contributed by atoms with E-state index in [1.165, 1.54) is 34.8 Å². The minimum absolute atomic E-state index is 1.12. The lowest BCUT2D eigenvalue weighted by atomic mass is 10.1. The largest absolute Gasteiger partial charge is 0.316 e. The molecule has 3 heteroatoms. The van der Waals surface area contributed by atoms with Crippen molar-refractivity contribution in [1.82, 2.24) is 10.3 Å². The lowest BCUT2D eigenvalue weighted by molar-refractivity contribution is 0.703. The summed E-state index contributed by atoms with van der Waals surface area (Å²) < 4.78 is 0. The first-order valence-electron chi connectivity index (χ1n) is 5.60. The lowest BCUT2D eigenvalue weighted by Gasteiger charge is -1.99. The summed E-state index contributed by atoms with van der Waals surface area (Å²) in [5.74, 6) is 0. The Morgan fingerprint density at radius 2 is 2.13 bits per heavy atom. The molecular formula is C12H18N2S. The highest BCUT2D eigenvalue weighted by Crippen LogP contribution is 2.22. The molecule has 0 aliphatic carbocycles. The number of thiazole rings is 1. The monoisotopic (exact) mass is 222 g/mol. The quantitative estimate of drug-likeness (QED) is 0.790. The molecule has 15 heavy (non-hydrogen) atoms. The molecule has 2 rings (SSSR count). The maximum absolute atomic E-state index is 4.56. The first-order valence-corrected chi connectivity index (χ1v) is 6.41. The van der Waals surface area contributed by atoms with E-state index in [-0.39, 0.29) is 0 Å². The Balaban J connectivity index is 2.13. The number of aromatic nitrogens is 1. The molecule has 1 fully saturated rings. The number of nitrogens with zero attached hydrogens (tertiary/aromatic N) is 1. The molecule has 1 saturated heterocycles. The van der Waals surface area contributed by atoms with E-state index in [9.17, 15) is 0 Å². The Morgan fingerprint density at radius 3 is 2.87 bits per heavy atom. The molecule has 0 aromatic carbocycles.